The molecule has 2 aromatic carbocycles. The molecule has 0 spiro atoms. The molecule has 0 fully saturated rings. The molecule has 2 rings (SSSR count). The van der Waals surface area contributed by atoms with E-state index in [0.29, 0.717) is 0 Å². The van der Waals surface area contributed by atoms with Crippen molar-refractivity contribution in [3.63, 3.8) is 0 Å². The van der Waals surface area contributed by atoms with E-state index >= 15 is 0 Å². The first-order valence-electron chi connectivity index (χ1n) is 4.18. The monoisotopic (exact) mass is 225 g/mol. The molecule has 0 radical (unpaired) electrons. The van der Waals surface area contributed by atoms with Crippen LogP contribution in [0.1, 0.15) is 0 Å². The number of hydrogen-bond donors (Lipinski definition) is 3. The fourth-order valence-corrected chi connectivity index (χ4v) is 1.25. The molecule has 0 saturated heterocycles. The lowest BCUT2D eigenvalue weighted by atomic mass is 10.1. The third kappa shape index (κ3) is 3.57. The van der Waals surface area contributed by atoms with E-state index in [1.165, 1.54) is 5.39 Å². The molecular formula is C10H11NO3S. The molecule has 2 aromatic rings. The summed E-state index contributed by atoms with van der Waals surface area (Å²) < 4.78 is 24.2. The minimum absolute atomic E-state index is 0.850. The Balaban J connectivity index is 0.000000245. The Kier molecular flexibility index (Phi) is 4.08. The molecule has 5 heteroatoms. The van der Waals surface area contributed by atoms with Gasteiger partial charge >= 0.3 is 0 Å². The highest BCUT2D eigenvalue weighted by atomic mass is 32.2. The van der Waals surface area contributed by atoms with Gasteiger partial charge in [-0.1, -0.05) is 36.4 Å². The Morgan fingerprint density at radius 2 is 1.53 bits per heavy atom. The van der Waals surface area contributed by atoms with Crippen molar-refractivity contribution in [1.82, 2.24) is 0 Å². The van der Waals surface area contributed by atoms with Gasteiger partial charge in [0, 0.05) is 11.1 Å². The average molecular weight is 225 g/mol. The Bertz CT molecular complexity index is 510. The summed E-state index contributed by atoms with van der Waals surface area (Å²) in [6, 6.07) is 14.1. The van der Waals surface area contributed by atoms with Crippen molar-refractivity contribution >= 4 is 27.4 Å². The maximum absolute atomic E-state index is 8.59. The predicted octanol–water partition coefficient (Wildman–Crippen LogP) is 1.49. The van der Waals surface area contributed by atoms with Gasteiger partial charge in [-0.3, -0.25) is 4.55 Å². The van der Waals surface area contributed by atoms with Gasteiger partial charge in [-0.25, -0.2) is 8.42 Å². The van der Waals surface area contributed by atoms with Crippen LogP contribution in [0, 0.1) is 0 Å². The molecule has 0 aliphatic carbocycles. The predicted molar refractivity (Wildman–Crippen MR) is 61.3 cm³/mol. The van der Waals surface area contributed by atoms with Crippen LogP contribution in [-0.4, -0.2) is 13.0 Å². The van der Waals surface area contributed by atoms with Crippen molar-refractivity contribution in [3.8, 4) is 0 Å². The summed E-state index contributed by atoms with van der Waals surface area (Å²) in [5, 5.41) is 2.34. The number of benzene rings is 2. The highest BCUT2D eigenvalue weighted by Gasteiger charge is 1.92. The zero-order valence-electron chi connectivity index (χ0n) is 7.83. The van der Waals surface area contributed by atoms with E-state index in [0.717, 1.165) is 11.1 Å². The third-order valence-electron chi connectivity index (χ3n) is 1.82. The molecule has 4 nitrogen and oxygen atoms in total. The van der Waals surface area contributed by atoms with E-state index < -0.39 is 11.0 Å². The Morgan fingerprint density at radius 3 is 2.13 bits per heavy atom. The second-order valence-corrected chi connectivity index (χ2v) is 3.28. The van der Waals surface area contributed by atoms with Gasteiger partial charge in [0.1, 0.15) is 0 Å². The molecule has 0 heterocycles. The topological polar surface area (TPSA) is 80.4 Å². The van der Waals surface area contributed by atoms with Gasteiger partial charge in [0.15, 0.2) is 0 Å². The number of nitrogens with two attached hydrogens (primary N) is 1. The Hall–Kier alpha value is -1.59. The fraction of sp³-hybridized carbons (Fsp3) is 0. The molecule has 0 unspecified atom stereocenters. The lowest BCUT2D eigenvalue weighted by Gasteiger charge is -1.98. The summed E-state index contributed by atoms with van der Waals surface area (Å²) in [7, 11) is -3.12. The van der Waals surface area contributed by atoms with Crippen LogP contribution in [0.5, 0.6) is 0 Å². The summed E-state index contributed by atoms with van der Waals surface area (Å²) in [5.41, 5.74) is 6.61. The largest absolute Gasteiger partial charge is 0.398 e. The Labute approximate surface area is 89.1 Å². The van der Waals surface area contributed by atoms with Crippen LogP contribution in [0.15, 0.2) is 42.5 Å². The molecule has 0 bridgehead atoms. The van der Waals surface area contributed by atoms with Crippen molar-refractivity contribution < 1.29 is 13.0 Å². The second-order valence-electron chi connectivity index (χ2n) is 2.81. The molecule has 80 valence electrons. The second kappa shape index (κ2) is 5.33. The van der Waals surface area contributed by atoms with Crippen LogP contribution in [0.2, 0.25) is 0 Å². The average Bonchev–Trinajstić information content (AvgIpc) is 2.18. The molecule has 0 saturated carbocycles. The zero-order valence-corrected chi connectivity index (χ0v) is 8.72. The quantitative estimate of drug-likeness (QED) is 0.360. The number of hydrogen-bond acceptors (Lipinski definition) is 3. The summed E-state index contributed by atoms with van der Waals surface area (Å²) in [6.07, 6.45) is 0. The highest BCUT2D eigenvalue weighted by Crippen LogP contribution is 2.19. The highest BCUT2D eigenvalue weighted by molar-refractivity contribution is 7.66. The van der Waals surface area contributed by atoms with Crippen molar-refractivity contribution in [3.05, 3.63) is 42.5 Å². The summed E-state index contributed by atoms with van der Waals surface area (Å²) in [6.45, 7) is 0. The van der Waals surface area contributed by atoms with Gasteiger partial charge in [-0.05, 0) is 11.5 Å². The maximum Gasteiger partial charge on any atom is 0.254 e. The number of thiol groups is 1. The molecule has 0 aliphatic rings. The number of rotatable bonds is 0. The van der Waals surface area contributed by atoms with E-state index in [9.17, 15) is 0 Å². The van der Waals surface area contributed by atoms with Crippen molar-refractivity contribution in [2.75, 3.05) is 5.73 Å². The van der Waals surface area contributed by atoms with Gasteiger partial charge in [0.05, 0.1) is 0 Å². The van der Waals surface area contributed by atoms with Crippen molar-refractivity contribution in [2.45, 2.75) is 0 Å². The minimum Gasteiger partial charge on any atom is -0.398 e. The lowest BCUT2D eigenvalue weighted by molar-refractivity contribution is 0.509. The maximum atomic E-state index is 8.59. The van der Waals surface area contributed by atoms with E-state index in [1.807, 2.05) is 30.3 Å². The normalized spacial score (nSPS) is 9.73. The van der Waals surface area contributed by atoms with E-state index in [4.69, 9.17) is 18.7 Å². The smallest absolute Gasteiger partial charge is 0.254 e. The fourth-order valence-electron chi connectivity index (χ4n) is 1.25. The van der Waals surface area contributed by atoms with Gasteiger partial charge in [-0.15, -0.1) is 0 Å². The zero-order chi connectivity index (χ0) is 11.3. The van der Waals surface area contributed by atoms with Crippen molar-refractivity contribution in [2.24, 2.45) is 0 Å². The number of nitrogen functional groups attached to an aromatic ring is 1. The van der Waals surface area contributed by atoms with Gasteiger partial charge < -0.3 is 5.73 Å². The van der Waals surface area contributed by atoms with E-state index in [2.05, 4.69) is 12.1 Å². The van der Waals surface area contributed by atoms with Gasteiger partial charge in [0.25, 0.3) is 11.0 Å². The first-order chi connectivity index (χ1) is 7.11. The SMILES string of the molecule is Nc1cccc2ccccc12.O=[SH](=O)O. The van der Waals surface area contributed by atoms with Crippen molar-refractivity contribution in [1.29, 1.82) is 0 Å². The van der Waals surface area contributed by atoms with E-state index in [1.54, 1.807) is 0 Å². The van der Waals surface area contributed by atoms with E-state index in [-0.39, 0.29) is 0 Å². The minimum atomic E-state index is -3.12. The van der Waals surface area contributed by atoms with Crippen LogP contribution in [-0.2, 0) is 11.0 Å². The Morgan fingerprint density at radius 1 is 1.00 bits per heavy atom. The molecule has 0 amide bonds. The molecule has 0 aromatic heterocycles. The molecular weight excluding hydrogens is 214 g/mol. The molecule has 15 heavy (non-hydrogen) atoms. The molecule has 3 N–H and O–H groups in total. The van der Waals surface area contributed by atoms with Crippen LogP contribution >= 0.6 is 0 Å². The standard InChI is InChI=1S/C10H9N.H2O3S/c11-10-7-3-5-8-4-1-2-6-9(8)10;1-4(2)3/h1-7H,11H2;4H,(H,1,2,3). The van der Waals surface area contributed by atoms with Crippen LogP contribution in [0.3, 0.4) is 0 Å². The first-order valence-corrected chi connectivity index (χ1v) is 5.31. The van der Waals surface area contributed by atoms with Gasteiger partial charge in [0.2, 0.25) is 0 Å². The summed E-state index contributed by atoms with van der Waals surface area (Å²) >= 11 is 0. The number of anilines is 1. The van der Waals surface area contributed by atoms with Crippen LogP contribution in [0.25, 0.3) is 10.8 Å². The molecule has 0 aliphatic heterocycles. The first kappa shape index (κ1) is 11.5. The molecule has 0 atom stereocenters. The lowest BCUT2D eigenvalue weighted by Crippen LogP contribution is -1.84. The third-order valence-corrected chi connectivity index (χ3v) is 1.82. The summed E-state index contributed by atoms with van der Waals surface area (Å²) in [4.78, 5) is 0. The van der Waals surface area contributed by atoms with Crippen LogP contribution < -0.4 is 5.73 Å². The van der Waals surface area contributed by atoms with Crippen LogP contribution in [0.4, 0.5) is 5.69 Å². The van der Waals surface area contributed by atoms with Gasteiger partial charge in [-0.2, -0.15) is 0 Å². The number of fused-ring (bicyclic) bond motifs is 1. The summed E-state index contributed by atoms with van der Waals surface area (Å²) in [5.74, 6) is 0.